The molecule has 3 N–H and O–H groups in total. The number of rotatable bonds is 2. The van der Waals surface area contributed by atoms with Crippen LogP contribution in [0.1, 0.15) is 21.6 Å². The molecule has 7 nitrogen and oxygen atoms in total. The molecule has 0 fully saturated rings. The van der Waals surface area contributed by atoms with Crippen LogP contribution in [0.15, 0.2) is 30.6 Å². The Kier molecular flexibility index (Phi) is 2.56. The highest BCUT2D eigenvalue weighted by molar-refractivity contribution is 6.04. The van der Waals surface area contributed by atoms with Crippen LogP contribution in [-0.2, 0) is 12.8 Å². The number of nitrogens with zero attached hydrogens (tertiary/aromatic N) is 3. The summed E-state index contributed by atoms with van der Waals surface area (Å²) >= 11 is 0. The molecule has 0 radical (unpaired) electrons. The molecule has 1 aliphatic carbocycles. The molecule has 4 rings (SSSR count). The van der Waals surface area contributed by atoms with Crippen LogP contribution in [0, 0.1) is 0 Å². The van der Waals surface area contributed by atoms with Gasteiger partial charge in [-0.3, -0.25) is 15.2 Å². The molecule has 0 atom stereocenters. The number of nitrogens with one attached hydrogen (secondary N) is 3. The maximum atomic E-state index is 12.3. The first-order valence-electron chi connectivity index (χ1n) is 6.65. The van der Waals surface area contributed by atoms with Crippen molar-refractivity contribution < 1.29 is 4.79 Å². The van der Waals surface area contributed by atoms with E-state index in [0.29, 0.717) is 11.6 Å². The van der Waals surface area contributed by atoms with Crippen molar-refractivity contribution in [3.05, 3.63) is 47.4 Å². The number of fused-ring (bicyclic) bond motifs is 3. The lowest BCUT2D eigenvalue weighted by Gasteiger charge is -2.15. The Morgan fingerprint density at radius 1 is 1.19 bits per heavy atom. The highest BCUT2D eigenvalue weighted by Crippen LogP contribution is 2.33. The Morgan fingerprint density at radius 2 is 2.10 bits per heavy atom. The van der Waals surface area contributed by atoms with Crippen LogP contribution in [-0.4, -0.2) is 31.3 Å². The number of aromatic nitrogens is 5. The summed E-state index contributed by atoms with van der Waals surface area (Å²) in [6.45, 7) is 0. The second-order valence-electron chi connectivity index (χ2n) is 4.87. The standard InChI is InChI=1S/C14H12N6O/c21-13(17-14-15-7-16-20-14)12-10-6-5-8-3-1-2-4-9(8)11(10)18-19-12/h1-4,7H,5-6H2,(H,18,19)(H2,15,16,17,20,21). The van der Waals surface area contributed by atoms with Gasteiger partial charge in [0.1, 0.15) is 12.0 Å². The molecule has 0 spiro atoms. The summed E-state index contributed by atoms with van der Waals surface area (Å²) in [5, 5.41) is 16.1. The molecule has 21 heavy (non-hydrogen) atoms. The summed E-state index contributed by atoms with van der Waals surface area (Å²) < 4.78 is 0. The van der Waals surface area contributed by atoms with Crippen molar-refractivity contribution in [2.75, 3.05) is 5.32 Å². The summed E-state index contributed by atoms with van der Waals surface area (Å²) in [6.07, 6.45) is 3.04. The van der Waals surface area contributed by atoms with Gasteiger partial charge in [-0.1, -0.05) is 24.3 Å². The maximum absolute atomic E-state index is 12.3. The number of hydrogen-bond donors (Lipinski definition) is 3. The first kappa shape index (κ1) is 11.8. The second-order valence-corrected chi connectivity index (χ2v) is 4.87. The molecule has 7 heteroatoms. The second kappa shape index (κ2) is 4.55. The smallest absolute Gasteiger partial charge is 0.276 e. The van der Waals surface area contributed by atoms with Gasteiger partial charge in [-0.25, -0.2) is 5.10 Å². The minimum atomic E-state index is -0.264. The molecule has 0 aliphatic heterocycles. The van der Waals surface area contributed by atoms with Gasteiger partial charge < -0.3 is 0 Å². The van der Waals surface area contributed by atoms with Crippen molar-refractivity contribution in [2.45, 2.75) is 12.8 Å². The molecule has 3 aromatic rings. The Labute approximate surface area is 119 Å². The van der Waals surface area contributed by atoms with E-state index in [9.17, 15) is 4.79 Å². The van der Waals surface area contributed by atoms with Crippen molar-refractivity contribution in [3.8, 4) is 11.3 Å². The van der Waals surface area contributed by atoms with E-state index >= 15 is 0 Å². The lowest BCUT2D eigenvalue weighted by atomic mass is 9.89. The first-order chi connectivity index (χ1) is 10.3. The molecule has 0 saturated carbocycles. The minimum Gasteiger partial charge on any atom is -0.289 e. The fraction of sp³-hybridized carbons (Fsp3) is 0.143. The Bertz CT molecular complexity index is 805. The number of aryl methyl sites for hydroxylation is 1. The zero-order valence-electron chi connectivity index (χ0n) is 11.1. The van der Waals surface area contributed by atoms with Crippen LogP contribution in [0.3, 0.4) is 0 Å². The van der Waals surface area contributed by atoms with Crippen molar-refractivity contribution in [3.63, 3.8) is 0 Å². The third-order valence-corrected chi connectivity index (χ3v) is 3.66. The molecule has 2 heterocycles. The van der Waals surface area contributed by atoms with Crippen LogP contribution in [0.2, 0.25) is 0 Å². The van der Waals surface area contributed by atoms with Gasteiger partial charge in [0.15, 0.2) is 0 Å². The van der Waals surface area contributed by atoms with Crippen LogP contribution >= 0.6 is 0 Å². The SMILES string of the molecule is O=C(Nc1ncn[nH]1)c1[nH]nc2c1CCc1ccccc1-2. The lowest BCUT2D eigenvalue weighted by Crippen LogP contribution is -2.16. The minimum absolute atomic E-state index is 0.264. The third-order valence-electron chi connectivity index (χ3n) is 3.66. The van der Waals surface area contributed by atoms with E-state index in [4.69, 9.17) is 0 Å². The number of anilines is 1. The molecule has 1 amide bonds. The first-order valence-corrected chi connectivity index (χ1v) is 6.65. The normalized spacial score (nSPS) is 12.6. The van der Waals surface area contributed by atoms with Crippen LogP contribution in [0.5, 0.6) is 0 Å². The highest BCUT2D eigenvalue weighted by Gasteiger charge is 2.25. The quantitative estimate of drug-likeness (QED) is 0.663. The van der Waals surface area contributed by atoms with E-state index in [1.165, 1.54) is 11.9 Å². The van der Waals surface area contributed by atoms with Gasteiger partial charge >= 0.3 is 0 Å². The number of benzene rings is 1. The third kappa shape index (κ3) is 1.90. The maximum Gasteiger partial charge on any atom is 0.276 e. The molecule has 0 bridgehead atoms. The van der Waals surface area contributed by atoms with Crippen molar-refractivity contribution in [1.82, 2.24) is 25.4 Å². The predicted octanol–water partition coefficient (Wildman–Crippen LogP) is 1.55. The number of carbonyl (C=O) groups is 1. The van der Waals surface area contributed by atoms with Gasteiger partial charge in [-0.05, 0) is 18.4 Å². The lowest BCUT2D eigenvalue weighted by molar-refractivity contribution is 0.102. The topological polar surface area (TPSA) is 99.4 Å². The highest BCUT2D eigenvalue weighted by atomic mass is 16.2. The monoisotopic (exact) mass is 280 g/mol. The Morgan fingerprint density at radius 3 is 2.95 bits per heavy atom. The largest absolute Gasteiger partial charge is 0.289 e. The molecular formula is C14H12N6O. The zero-order valence-corrected chi connectivity index (χ0v) is 11.1. The van der Waals surface area contributed by atoms with E-state index in [-0.39, 0.29) is 5.91 Å². The van der Waals surface area contributed by atoms with Gasteiger partial charge in [0.2, 0.25) is 5.95 Å². The van der Waals surface area contributed by atoms with E-state index in [0.717, 1.165) is 29.7 Å². The van der Waals surface area contributed by atoms with Crippen molar-refractivity contribution in [2.24, 2.45) is 0 Å². The summed E-state index contributed by atoms with van der Waals surface area (Å²) in [5.41, 5.74) is 4.65. The van der Waals surface area contributed by atoms with Crippen molar-refractivity contribution in [1.29, 1.82) is 0 Å². The van der Waals surface area contributed by atoms with Gasteiger partial charge in [0.25, 0.3) is 5.91 Å². The van der Waals surface area contributed by atoms with Crippen LogP contribution in [0.4, 0.5) is 5.95 Å². The summed E-state index contributed by atoms with van der Waals surface area (Å²) in [5.74, 6) is 0.0550. The van der Waals surface area contributed by atoms with Gasteiger partial charge in [0, 0.05) is 11.1 Å². The number of H-pyrrole nitrogens is 2. The molecule has 104 valence electrons. The van der Waals surface area contributed by atoms with E-state index < -0.39 is 0 Å². The van der Waals surface area contributed by atoms with Crippen LogP contribution < -0.4 is 5.32 Å². The zero-order chi connectivity index (χ0) is 14.2. The van der Waals surface area contributed by atoms with Crippen molar-refractivity contribution >= 4 is 11.9 Å². The van der Waals surface area contributed by atoms with Crippen LogP contribution in [0.25, 0.3) is 11.3 Å². The van der Waals surface area contributed by atoms with Gasteiger partial charge in [0.05, 0.1) is 5.69 Å². The molecule has 0 saturated heterocycles. The molecule has 2 aromatic heterocycles. The van der Waals surface area contributed by atoms with Gasteiger partial charge in [-0.2, -0.15) is 15.2 Å². The van der Waals surface area contributed by atoms with E-state index in [1.54, 1.807) is 0 Å². The average molecular weight is 280 g/mol. The summed E-state index contributed by atoms with van der Waals surface area (Å²) in [7, 11) is 0. The fourth-order valence-electron chi connectivity index (χ4n) is 2.68. The van der Waals surface area contributed by atoms with E-state index in [1.807, 2.05) is 18.2 Å². The number of carbonyl (C=O) groups excluding carboxylic acids is 1. The predicted molar refractivity (Wildman–Crippen MR) is 75.8 cm³/mol. The van der Waals surface area contributed by atoms with Gasteiger partial charge in [-0.15, -0.1) is 0 Å². The Hall–Kier alpha value is -2.96. The Balaban J connectivity index is 1.71. The molecule has 1 aromatic carbocycles. The summed E-state index contributed by atoms with van der Waals surface area (Å²) in [4.78, 5) is 16.2. The summed E-state index contributed by atoms with van der Waals surface area (Å²) in [6, 6.07) is 8.14. The molecular weight excluding hydrogens is 268 g/mol. The number of aromatic amines is 2. The molecule has 1 aliphatic rings. The molecule has 0 unspecified atom stereocenters. The van der Waals surface area contributed by atoms with E-state index in [2.05, 4.69) is 36.8 Å². The average Bonchev–Trinajstić information content (AvgIpc) is 3.15. The fourth-order valence-corrected chi connectivity index (χ4v) is 2.68. The number of amides is 1. The number of hydrogen-bond acceptors (Lipinski definition) is 4.